The zero-order valence-corrected chi connectivity index (χ0v) is 19.2. The summed E-state index contributed by atoms with van der Waals surface area (Å²) in [5.41, 5.74) is 5.15. The molecule has 1 aromatic heterocycles. The number of hydrogen-bond acceptors (Lipinski definition) is 4. The molecule has 0 aliphatic rings. The zero-order chi connectivity index (χ0) is 21.8. The van der Waals surface area contributed by atoms with Crippen molar-refractivity contribution in [3.05, 3.63) is 80.9 Å². The fourth-order valence-corrected chi connectivity index (χ4v) is 4.67. The van der Waals surface area contributed by atoms with Crippen LogP contribution in [0.15, 0.2) is 56.6 Å². The molecule has 1 atom stereocenters. The highest BCUT2D eigenvalue weighted by atomic mass is 32.2. The Labute approximate surface area is 183 Å². The van der Waals surface area contributed by atoms with Crippen LogP contribution in [0.25, 0.3) is 11.1 Å². The average Bonchev–Trinajstić information content (AvgIpc) is 2.72. The summed E-state index contributed by atoms with van der Waals surface area (Å²) < 4.78 is 5.71. The third-order valence-corrected chi connectivity index (χ3v) is 6.69. The molecule has 3 rings (SSSR count). The molecule has 3 aromatic rings. The van der Waals surface area contributed by atoms with Crippen molar-refractivity contribution in [1.29, 1.82) is 0 Å². The van der Waals surface area contributed by atoms with Gasteiger partial charge in [0.2, 0.25) is 0 Å². The van der Waals surface area contributed by atoms with Gasteiger partial charge >= 0.3 is 5.63 Å². The van der Waals surface area contributed by atoms with E-state index in [1.165, 1.54) is 10.5 Å². The second-order valence-electron chi connectivity index (χ2n) is 7.89. The Morgan fingerprint density at radius 1 is 0.933 bits per heavy atom. The van der Waals surface area contributed by atoms with Gasteiger partial charge in [0.1, 0.15) is 17.1 Å². The second-order valence-corrected chi connectivity index (χ2v) is 8.98. The van der Waals surface area contributed by atoms with Crippen molar-refractivity contribution >= 4 is 11.8 Å². The minimum atomic E-state index is -0.467. The van der Waals surface area contributed by atoms with Crippen LogP contribution in [0.2, 0.25) is 0 Å². The van der Waals surface area contributed by atoms with E-state index >= 15 is 0 Å². The predicted molar refractivity (Wildman–Crippen MR) is 126 cm³/mol. The summed E-state index contributed by atoms with van der Waals surface area (Å²) in [4.78, 5) is 14.1. The van der Waals surface area contributed by atoms with E-state index in [1.807, 2.05) is 6.92 Å². The predicted octanol–water partition coefficient (Wildman–Crippen LogP) is 6.65. The molecule has 0 saturated heterocycles. The number of hydrogen-bond donors (Lipinski definition) is 1. The van der Waals surface area contributed by atoms with Crippen LogP contribution in [0.1, 0.15) is 54.7 Å². The van der Waals surface area contributed by atoms with Gasteiger partial charge in [0.25, 0.3) is 0 Å². The van der Waals surface area contributed by atoms with Crippen LogP contribution >= 0.6 is 11.8 Å². The summed E-state index contributed by atoms with van der Waals surface area (Å²) in [6.07, 6.45) is 1.57. The molecular weight excluding hydrogens is 392 g/mol. The number of thioether (sulfide) groups is 1. The van der Waals surface area contributed by atoms with Gasteiger partial charge in [-0.2, -0.15) is 0 Å². The van der Waals surface area contributed by atoms with Gasteiger partial charge < -0.3 is 9.52 Å². The molecule has 30 heavy (non-hydrogen) atoms. The molecule has 0 bridgehead atoms. The van der Waals surface area contributed by atoms with Gasteiger partial charge in [-0.1, -0.05) is 56.2 Å². The third kappa shape index (κ3) is 4.81. The molecule has 0 saturated carbocycles. The van der Waals surface area contributed by atoms with Gasteiger partial charge in [0.05, 0.1) is 0 Å². The molecule has 2 aromatic carbocycles. The summed E-state index contributed by atoms with van der Waals surface area (Å²) in [5, 5.41) is 10.8. The Morgan fingerprint density at radius 2 is 1.53 bits per heavy atom. The van der Waals surface area contributed by atoms with Gasteiger partial charge in [-0.05, 0) is 55.5 Å². The first-order valence-electron chi connectivity index (χ1n) is 10.5. The molecule has 0 fully saturated rings. The smallest absolute Gasteiger partial charge is 0.347 e. The van der Waals surface area contributed by atoms with E-state index < -0.39 is 5.63 Å². The fourth-order valence-electron chi connectivity index (χ4n) is 3.73. The van der Waals surface area contributed by atoms with Crippen LogP contribution in [0, 0.1) is 13.8 Å². The lowest BCUT2D eigenvalue weighted by atomic mass is 9.90. The van der Waals surface area contributed by atoms with Crippen LogP contribution in [0.3, 0.4) is 0 Å². The highest BCUT2D eigenvalue weighted by Gasteiger charge is 2.21. The van der Waals surface area contributed by atoms with Crippen molar-refractivity contribution in [1.82, 2.24) is 0 Å². The topological polar surface area (TPSA) is 50.4 Å². The number of benzene rings is 2. The Morgan fingerprint density at radius 3 is 2.07 bits per heavy atom. The lowest BCUT2D eigenvalue weighted by Gasteiger charge is -2.17. The molecule has 3 nitrogen and oxygen atoms in total. The van der Waals surface area contributed by atoms with E-state index in [2.05, 4.69) is 64.1 Å². The first kappa shape index (κ1) is 22.2. The van der Waals surface area contributed by atoms with Crippen molar-refractivity contribution in [3.63, 3.8) is 0 Å². The van der Waals surface area contributed by atoms with Gasteiger partial charge in [-0.15, -0.1) is 11.8 Å². The Balaban J connectivity index is 1.93. The third-order valence-electron chi connectivity index (χ3n) is 5.41. The summed E-state index contributed by atoms with van der Waals surface area (Å²) in [6, 6.07) is 14.2. The van der Waals surface area contributed by atoms with Gasteiger partial charge in [0, 0.05) is 22.6 Å². The van der Waals surface area contributed by atoms with Crippen LogP contribution < -0.4 is 5.63 Å². The molecule has 1 unspecified atom stereocenters. The molecule has 0 aliphatic carbocycles. The molecule has 1 N–H and O–H groups in total. The van der Waals surface area contributed by atoms with Crippen molar-refractivity contribution in [2.45, 2.75) is 58.3 Å². The molecule has 0 spiro atoms. The summed E-state index contributed by atoms with van der Waals surface area (Å²) in [6.45, 7) is 10.3. The van der Waals surface area contributed by atoms with E-state index in [4.69, 9.17) is 4.42 Å². The minimum Gasteiger partial charge on any atom is -0.507 e. The largest absolute Gasteiger partial charge is 0.507 e. The van der Waals surface area contributed by atoms with Crippen LogP contribution in [0.5, 0.6) is 5.75 Å². The highest BCUT2D eigenvalue weighted by Crippen LogP contribution is 2.36. The van der Waals surface area contributed by atoms with E-state index in [1.54, 1.807) is 17.8 Å². The van der Waals surface area contributed by atoms with Crippen molar-refractivity contribution in [3.8, 4) is 16.9 Å². The average molecular weight is 423 g/mol. The molecule has 158 valence electrons. The second kappa shape index (κ2) is 9.57. The maximum absolute atomic E-state index is 13.0. The van der Waals surface area contributed by atoms with Crippen molar-refractivity contribution < 1.29 is 9.52 Å². The summed E-state index contributed by atoms with van der Waals surface area (Å²) >= 11 is 1.71. The van der Waals surface area contributed by atoms with Gasteiger partial charge in [0.15, 0.2) is 0 Å². The van der Waals surface area contributed by atoms with Crippen molar-refractivity contribution in [2.75, 3.05) is 5.75 Å². The van der Waals surface area contributed by atoms with E-state index in [0.717, 1.165) is 40.8 Å². The molecular formula is C26H30O3S. The first-order valence-corrected chi connectivity index (χ1v) is 11.5. The number of rotatable bonds is 7. The molecule has 0 aliphatic heterocycles. The van der Waals surface area contributed by atoms with E-state index in [0.29, 0.717) is 5.76 Å². The molecule has 1 heterocycles. The SMILES string of the molecule is CCc1cc(C)cc(CC)c1-c1c(O)cc(C(C)CSc2ccc(C)cc2)oc1=O. The Kier molecular flexibility index (Phi) is 7.09. The molecule has 0 amide bonds. The van der Waals surface area contributed by atoms with Crippen LogP contribution in [0.4, 0.5) is 0 Å². The number of aromatic hydroxyl groups is 1. The van der Waals surface area contributed by atoms with E-state index in [-0.39, 0.29) is 17.2 Å². The highest BCUT2D eigenvalue weighted by molar-refractivity contribution is 7.99. The minimum absolute atomic E-state index is 0.00156. The van der Waals surface area contributed by atoms with Crippen LogP contribution in [-0.2, 0) is 12.8 Å². The lowest BCUT2D eigenvalue weighted by molar-refractivity contribution is 0.416. The maximum Gasteiger partial charge on any atom is 0.347 e. The Hall–Kier alpha value is -2.46. The lowest BCUT2D eigenvalue weighted by Crippen LogP contribution is -2.10. The monoisotopic (exact) mass is 422 g/mol. The van der Waals surface area contributed by atoms with Crippen molar-refractivity contribution in [2.24, 2.45) is 0 Å². The molecule has 4 heteroatoms. The van der Waals surface area contributed by atoms with Crippen LogP contribution in [-0.4, -0.2) is 10.9 Å². The first-order chi connectivity index (χ1) is 14.3. The van der Waals surface area contributed by atoms with Gasteiger partial charge in [-0.3, -0.25) is 0 Å². The van der Waals surface area contributed by atoms with Gasteiger partial charge in [-0.25, -0.2) is 4.79 Å². The standard InChI is InChI=1S/C26H30O3S/c1-6-19-12-17(4)13-20(7-2)24(19)25-22(27)14-23(29-26(25)28)18(5)15-30-21-10-8-16(3)9-11-21/h8-14,18,27H,6-7,15H2,1-5H3. The maximum atomic E-state index is 13.0. The summed E-state index contributed by atoms with van der Waals surface area (Å²) in [5.74, 6) is 1.28. The zero-order valence-electron chi connectivity index (χ0n) is 18.4. The molecule has 0 radical (unpaired) electrons. The summed E-state index contributed by atoms with van der Waals surface area (Å²) in [7, 11) is 0. The number of aryl methyl sites for hydroxylation is 4. The normalized spacial score (nSPS) is 12.2. The van der Waals surface area contributed by atoms with E-state index in [9.17, 15) is 9.90 Å². The fraction of sp³-hybridized carbons (Fsp3) is 0.346. The Bertz CT molecular complexity index is 1060. The quantitative estimate of drug-likeness (QED) is 0.433.